The number of rotatable bonds is 5. The van der Waals surface area contributed by atoms with Crippen LogP contribution in [0, 0.1) is 12.8 Å². The zero-order chi connectivity index (χ0) is 17.5. The van der Waals surface area contributed by atoms with Crippen LogP contribution < -0.4 is 0 Å². The number of amides is 1. The van der Waals surface area contributed by atoms with Gasteiger partial charge in [-0.1, -0.05) is 43.7 Å². The molecule has 1 unspecified atom stereocenters. The number of carbonyl (C=O) groups excluding carboxylic acids is 1. The Morgan fingerprint density at radius 1 is 1.21 bits per heavy atom. The summed E-state index contributed by atoms with van der Waals surface area (Å²) in [5.74, 6) is 0.277. The zero-order valence-corrected chi connectivity index (χ0v) is 15.5. The third-order valence-electron chi connectivity index (χ3n) is 5.69. The Kier molecular flexibility index (Phi) is 4.37. The van der Waals surface area contributed by atoms with E-state index in [0.717, 1.165) is 31.6 Å². The molecule has 0 aromatic heterocycles. The predicted octanol–water partition coefficient (Wildman–Crippen LogP) is 4.47. The molecule has 1 aromatic rings. The van der Waals surface area contributed by atoms with Gasteiger partial charge in [-0.2, -0.15) is 0 Å². The van der Waals surface area contributed by atoms with Gasteiger partial charge in [0.2, 0.25) is 0 Å². The average molecular weight is 331 g/mol. The minimum absolute atomic E-state index is 0.0241. The van der Waals surface area contributed by atoms with Crippen molar-refractivity contribution in [3.8, 4) is 0 Å². The van der Waals surface area contributed by atoms with Crippen LogP contribution in [0.2, 0.25) is 0 Å². The lowest BCUT2D eigenvalue weighted by atomic mass is 9.78. The topological polar surface area (TPSA) is 42.1 Å². The molecule has 3 atom stereocenters. The van der Waals surface area contributed by atoms with Gasteiger partial charge < -0.3 is 14.4 Å². The molecule has 0 spiro atoms. The van der Waals surface area contributed by atoms with Crippen molar-refractivity contribution in [2.45, 2.75) is 64.7 Å². The Hall–Kier alpha value is -1.55. The molecule has 2 fully saturated rings. The van der Waals surface area contributed by atoms with Gasteiger partial charge in [0.25, 0.3) is 0 Å². The number of carbonyl (C=O) groups is 1. The summed E-state index contributed by atoms with van der Waals surface area (Å²) < 4.78 is 11.6. The summed E-state index contributed by atoms with van der Waals surface area (Å²) in [6.45, 7) is 12.0. The van der Waals surface area contributed by atoms with Gasteiger partial charge in [-0.05, 0) is 32.3 Å². The highest BCUT2D eigenvalue weighted by molar-refractivity contribution is 5.70. The largest absolute Gasteiger partial charge is 0.442 e. The monoisotopic (exact) mass is 331 g/mol. The van der Waals surface area contributed by atoms with E-state index in [1.165, 1.54) is 5.56 Å². The van der Waals surface area contributed by atoms with Crippen molar-refractivity contribution in [1.82, 2.24) is 4.90 Å². The number of hydrogen-bond donors (Lipinski definition) is 0. The molecule has 4 heteroatoms. The molecule has 2 saturated heterocycles. The fraction of sp³-hybridized carbons (Fsp3) is 0.650. The summed E-state index contributed by atoms with van der Waals surface area (Å²) in [7, 11) is 0. The number of ether oxygens (including phenoxy) is 2. The van der Waals surface area contributed by atoms with Gasteiger partial charge in [0.1, 0.15) is 5.60 Å². The van der Waals surface area contributed by atoms with Crippen molar-refractivity contribution >= 4 is 6.09 Å². The Morgan fingerprint density at radius 3 is 2.33 bits per heavy atom. The van der Waals surface area contributed by atoms with E-state index in [4.69, 9.17) is 9.47 Å². The Morgan fingerprint density at radius 2 is 1.83 bits per heavy atom. The van der Waals surface area contributed by atoms with Crippen LogP contribution in [0.3, 0.4) is 0 Å². The SMILES string of the molecule is Cc1ccc([C@H](C)N2CC[C@](CC3(C)CO3)(C(C)C)OC2=O)cc1. The van der Waals surface area contributed by atoms with E-state index in [1.54, 1.807) is 0 Å². The van der Waals surface area contributed by atoms with Crippen molar-refractivity contribution < 1.29 is 14.3 Å². The normalized spacial score (nSPS) is 31.1. The molecule has 2 aliphatic rings. The van der Waals surface area contributed by atoms with E-state index in [0.29, 0.717) is 0 Å². The molecular weight excluding hydrogens is 302 g/mol. The Balaban J connectivity index is 1.74. The van der Waals surface area contributed by atoms with Crippen LogP contribution >= 0.6 is 0 Å². The molecule has 0 N–H and O–H groups in total. The first-order chi connectivity index (χ1) is 11.2. The smallest absolute Gasteiger partial charge is 0.410 e. The minimum atomic E-state index is -0.411. The summed E-state index contributed by atoms with van der Waals surface area (Å²) in [4.78, 5) is 14.6. The van der Waals surface area contributed by atoms with E-state index in [1.807, 2.05) is 4.90 Å². The number of cyclic esters (lactones) is 1. The van der Waals surface area contributed by atoms with E-state index < -0.39 is 5.60 Å². The maximum atomic E-state index is 12.8. The molecular formula is C20H29NO3. The first kappa shape index (κ1) is 17.3. The average Bonchev–Trinajstić information content (AvgIpc) is 3.24. The fourth-order valence-electron chi connectivity index (χ4n) is 3.65. The molecule has 2 aliphatic heterocycles. The zero-order valence-electron chi connectivity index (χ0n) is 15.5. The molecule has 0 saturated carbocycles. The maximum Gasteiger partial charge on any atom is 0.410 e. The van der Waals surface area contributed by atoms with Crippen LogP contribution in [-0.4, -0.2) is 35.3 Å². The number of nitrogens with zero attached hydrogens (tertiary/aromatic N) is 1. The molecule has 1 amide bonds. The highest BCUT2D eigenvalue weighted by Gasteiger charge is 2.53. The molecule has 24 heavy (non-hydrogen) atoms. The molecule has 4 nitrogen and oxygen atoms in total. The van der Waals surface area contributed by atoms with Crippen LogP contribution in [0.1, 0.15) is 57.7 Å². The second-order valence-electron chi connectivity index (χ2n) is 8.03. The summed E-state index contributed by atoms with van der Waals surface area (Å²) >= 11 is 0. The van der Waals surface area contributed by atoms with Crippen LogP contribution in [0.15, 0.2) is 24.3 Å². The number of hydrogen-bond acceptors (Lipinski definition) is 3. The highest BCUT2D eigenvalue weighted by Crippen LogP contribution is 2.44. The first-order valence-electron chi connectivity index (χ1n) is 8.95. The van der Waals surface area contributed by atoms with Crippen molar-refractivity contribution in [3.63, 3.8) is 0 Å². The summed E-state index contributed by atoms with van der Waals surface area (Å²) in [6, 6.07) is 8.39. The predicted molar refractivity (Wildman–Crippen MR) is 93.9 cm³/mol. The third kappa shape index (κ3) is 3.30. The molecule has 0 radical (unpaired) electrons. The van der Waals surface area contributed by atoms with Gasteiger partial charge in [-0.3, -0.25) is 0 Å². The highest BCUT2D eigenvalue weighted by atomic mass is 16.6. The van der Waals surface area contributed by atoms with E-state index >= 15 is 0 Å². The van der Waals surface area contributed by atoms with Crippen molar-refractivity contribution in [3.05, 3.63) is 35.4 Å². The van der Waals surface area contributed by atoms with Gasteiger partial charge in [0.15, 0.2) is 0 Å². The lowest BCUT2D eigenvalue weighted by Gasteiger charge is -2.46. The maximum absolute atomic E-state index is 12.8. The van der Waals surface area contributed by atoms with E-state index in [-0.39, 0.29) is 23.7 Å². The van der Waals surface area contributed by atoms with Gasteiger partial charge in [0, 0.05) is 19.4 Å². The fourth-order valence-corrected chi connectivity index (χ4v) is 3.65. The molecule has 2 heterocycles. The number of epoxide rings is 1. The molecule has 0 bridgehead atoms. The summed E-state index contributed by atoms with van der Waals surface area (Å²) in [5, 5.41) is 0. The second kappa shape index (κ2) is 6.07. The minimum Gasteiger partial charge on any atom is -0.442 e. The van der Waals surface area contributed by atoms with Crippen LogP contribution in [0.5, 0.6) is 0 Å². The van der Waals surface area contributed by atoms with Crippen LogP contribution in [0.25, 0.3) is 0 Å². The van der Waals surface area contributed by atoms with Crippen molar-refractivity contribution in [2.75, 3.05) is 13.2 Å². The van der Waals surface area contributed by atoms with Crippen molar-refractivity contribution in [1.29, 1.82) is 0 Å². The lowest BCUT2D eigenvalue weighted by Crippen LogP contribution is -2.54. The lowest BCUT2D eigenvalue weighted by molar-refractivity contribution is -0.0961. The van der Waals surface area contributed by atoms with Crippen molar-refractivity contribution in [2.24, 2.45) is 5.92 Å². The van der Waals surface area contributed by atoms with Gasteiger partial charge in [0.05, 0.1) is 18.2 Å². The number of benzene rings is 1. The molecule has 0 aliphatic carbocycles. The van der Waals surface area contributed by atoms with Gasteiger partial charge >= 0.3 is 6.09 Å². The molecule has 1 aromatic carbocycles. The standard InChI is InChI=1S/C20H29NO3/c1-14(2)20(12-19(5)13-23-19)10-11-21(18(22)24-20)16(4)17-8-6-15(3)7-9-17/h6-9,14,16H,10-13H2,1-5H3/t16-,19?,20-/m0/s1. The Labute approximate surface area is 145 Å². The van der Waals surface area contributed by atoms with E-state index in [2.05, 4.69) is 58.9 Å². The number of aryl methyl sites for hydroxylation is 1. The first-order valence-corrected chi connectivity index (χ1v) is 8.95. The third-order valence-corrected chi connectivity index (χ3v) is 5.69. The molecule has 132 valence electrons. The molecule has 3 rings (SSSR count). The van der Waals surface area contributed by atoms with Crippen LogP contribution in [0.4, 0.5) is 4.79 Å². The van der Waals surface area contributed by atoms with Crippen LogP contribution in [-0.2, 0) is 9.47 Å². The van der Waals surface area contributed by atoms with E-state index in [9.17, 15) is 4.79 Å². The quantitative estimate of drug-likeness (QED) is 0.748. The Bertz CT molecular complexity index is 606. The van der Waals surface area contributed by atoms with Gasteiger partial charge in [-0.25, -0.2) is 4.79 Å². The second-order valence-corrected chi connectivity index (χ2v) is 8.03. The summed E-state index contributed by atoms with van der Waals surface area (Å²) in [6.07, 6.45) is 1.44. The van der Waals surface area contributed by atoms with Gasteiger partial charge in [-0.15, -0.1) is 0 Å². The summed E-state index contributed by atoms with van der Waals surface area (Å²) in [5.41, 5.74) is 1.84.